The first-order valence-electron chi connectivity index (χ1n) is 8.03. The van der Waals surface area contributed by atoms with E-state index in [0.717, 1.165) is 44.3 Å². The first-order valence-corrected chi connectivity index (χ1v) is 8.03. The largest absolute Gasteiger partial charge is 0.381 e. The van der Waals surface area contributed by atoms with Gasteiger partial charge in [-0.25, -0.2) is 0 Å². The molecule has 0 aromatic carbocycles. The maximum Gasteiger partial charge on any atom is 0.231 e. The smallest absolute Gasteiger partial charge is 0.231 e. The fourth-order valence-corrected chi connectivity index (χ4v) is 3.41. The van der Waals surface area contributed by atoms with E-state index in [1.54, 1.807) is 0 Å². The molecule has 0 spiro atoms. The molecule has 20 heavy (non-hydrogen) atoms. The summed E-state index contributed by atoms with van der Waals surface area (Å²) < 4.78 is 11.0. The number of ether oxygens (including phenoxy) is 1. The van der Waals surface area contributed by atoms with E-state index in [1.165, 1.54) is 25.7 Å². The Morgan fingerprint density at radius 3 is 2.90 bits per heavy atom. The summed E-state index contributed by atoms with van der Waals surface area (Å²) in [7, 11) is 0. The zero-order valence-corrected chi connectivity index (χ0v) is 12.3. The molecule has 1 aliphatic carbocycles. The highest BCUT2D eigenvalue weighted by molar-refractivity contribution is 5.04. The van der Waals surface area contributed by atoms with Gasteiger partial charge in [0.2, 0.25) is 5.89 Å². The second-order valence-electron chi connectivity index (χ2n) is 5.96. The molecule has 112 valence electrons. The lowest BCUT2D eigenvalue weighted by atomic mass is 9.94. The molecule has 1 aromatic rings. The maximum atomic E-state index is 5.59. The normalized spacial score (nSPS) is 31.4. The first-order chi connectivity index (χ1) is 9.88. The van der Waals surface area contributed by atoms with Crippen LogP contribution >= 0.6 is 0 Å². The summed E-state index contributed by atoms with van der Waals surface area (Å²) in [5.41, 5.74) is 0. The van der Waals surface area contributed by atoms with E-state index < -0.39 is 0 Å². The van der Waals surface area contributed by atoms with E-state index in [-0.39, 0.29) is 0 Å². The predicted octanol–water partition coefficient (Wildman–Crippen LogP) is 2.60. The summed E-state index contributed by atoms with van der Waals surface area (Å²) in [6, 6.07) is 0.482. The number of nitrogens with one attached hydrogen (secondary N) is 1. The van der Waals surface area contributed by atoms with E-state index in [4.69, 9.17) is 14.2 Å². The van der Waals surface area contributed by atoms with Crippen molar-refractivity contribution in [1.82, 2.24) is 15.5 Å². The van der Waals surface area contributed by atoms with Crippen molar-refractivity contribution in [3.63, 3.8) is 0 Å². The van der Waals surface area contributed by atoms with Gasteiger partial charge in [-0.05, 0) is 25.8 Å². The van der Waals surface area contributed by atoms with Crippen LogP contribution < -0.4 is 5.32 Å². The summed E-state index contributed by atoms with van der Waals surface area (Å²) in [5, 5.41) is 7.80. The zero-order chi connectivity index (χ0) is 13.8. The number of nitrogens with zero attached hydrogens (tertiary/aromatic N) is 2. The first kappa shape index (κ1) is 14.0. The predicted molar refractivity (Wildman–Crippen MR) is 75.8 cm³/mol. The lowest BCUT2D eigenvalue weighted by molar-refractivity contribution is 0.192. The Balaban J connectivity index is 1.74. The van der Waals surface area contributed by atoms with Crippen molar-refractivity contribution in [2.24, 2.45) is 0 Å². The van der Waals surface area contributed by atoms with Crippen LogP contribution in [-0.2, 0) is 4.74 Å². The molecule has 5 heteroatoms. The van der Waals surface area contributed by atoms with Crippen molar-refractivity contribution >= 4 is 0 Å². The van der Waals surface area contributed by atoms with Gasteiger partial charge in [0.15, 0.2) is 5.82 Å². The summed E-state index contributed by atoms with van der Waals surface area (Å²) in [4.78, 5) is 4.69. The van der Waals surface area contributed by atoms with Crippen molar-refractivity contribution in [1.29, 1.82) is 0 Å². The fourth-order valence-electron chi connectivity index (χ4n) is 3.41. The van der Waals surface area contributed by atoms with E-state index >= 15 is 0 Å². The van der Waals surface area contributed by atoms with Crippen LogP contribution in [0.4, 0.5) is 0 Å². The molecule has 5 nitrogen and oxygen atoms in total. The van der Waals surface area contributed by atoms with Crippen LogP contribution in [0.15, 0.2) is 4.52 Å². The number of hydrogen-bond donors (Lipinski definition) is 1. The Bertz CT molecular complexity index is 415. The van der Waals surface area contributed by atoms with E-state index in [1.807, 2.05) is 0 Å². The average Bonchev–Trinajstić information content (AvgIpc) is 3.09. The van der Waals surface area contributed by atoms with Crippen LogP contribution in [0.1, 0.15) is 69.0 Å². The van der Waals surface area contributed by atoms with Gasteiger partial charge < -0.3 is 14.6 Å². The second-order valence-corrected chi connectivity index (χ2v) is 5.96. The van der Waals surface area contributed by atoms with Crippen LogP contribution in [0.5, 0.6) is 0 Å². The number of likely N-dealkylation sites (N-methyl/N-ethyl adjacent to an activating group) is 1. The molecular weight excluding hydrogens is 254 g/mol. The van der Waals surface area contributed by atoms with Gasteiger partial charge >= 0.3 is 0 Å². The van der Waals surface area contributed by atoms with Crippen LogP contribution in [0, 0.1) is 0 Å². The Labute approximate surface area is 120 Å². The summed E-state index contributed by atoms with van der Waals surface area (Å²) in [6.45, 7) is 4.72. The SMILES string of the molecule is CCNC1CCCCCC1c1nc(C2CCOC2)no1. The standard InChI is InChI=1S/C15H25N3O2/c1-2-16-13-7-5-3-4-6-12(13)15-17-14(18-20-15)11-8-9-19-10-11/h11-13,16H,2-10H2,1H3. The third kappa shape index (κ3) is 3.04. The van der Waals surface area contributed by atoms with Crippen molar-refractivity contribution in [2.45, 2.75) is 63.3 Å². The van der Waals surface area contributed by atoms with Gasteiger partial charge in [0.05, 0.1) is 12.5 Å². The van der Waals surface area contributed by atoms with Crippen LogP contribution in [0.2, 0.25) is 0 Å². The van der Waals surface area contributed by atoms with Gasteiger partial charge in [-0.2, -0.15) is 4.98 Å². The number of hydrogen-bond acceptors (Lipinski definition) is 5. The molecule has 0 amide bonds. The van der Waals surface area contributed by atoms with Crippen molar-refractivity contribution < 1.29 is 9.26 Å². The molecule has 0 radical (unpaired) electrons. The fraction of sp³-hybridized carbons (Fsp3) is 0.867. The van der Waals surface area contributed by atoms with E-state index in [9.17, 15) is 0 Å². The van der Waals surface area contributed by atoms with Crippen molar-refractivity contribution in [3.8, 4) is 0 Å². The molecule has 3 unspecified atom stereocenters. The molecule has 1 saturated carbocycles. The third-order valence-corrected chi connectivity index (χ3v) is 4.55. The minimum Gasteiger partial charge on any atom is -0.381 e. The number of rotatable bonds is 4. The minimum absolute atomic E-state index is 0.330. The molecule has 1 aliphatic heterocycles. The van der Waals surface area contributed by atoms with E-state index in [2.05, 4.69) is 17.4 Å². The van der Waals surface area contributed by atoms with Gasteiger partial charge in [-0.15, -0.1) is 0 Å². The highest BCUT2D eigenvalue weighted by Gasteiger charge is 2.31. The lowest BCUT2D eigenvalue weighted by Crippen LogP contribution is -2.34. The molecular formula is C15H25N3O2. The van der Waals surface area contributed by atoms with Gasteiger partial charge in [-0.3, -0.25) is 0 Å². The molecule has 1 N–H and O–H groups in total. The highest BCUT2D eigenvalue weighted by atomic mass is 16.5. The topological polar surface area (TPSA) is 60.2 Å². The third-order valence-electron chi connectivity index (χ3n) is 4.55. The van der Waals surface area contributed by atoms with Crippen molar-refractivity contribution in [2.75, 3.05) is 19.8 Å². The summed E-state index contributed by atoms with van der Waals surface area (Å²) in [6.07, 6.45) is 7.25. The van der Waals surface area contributed by atoms with Gasteiger partial charge in [0, 0.05) is 18.6 Å². The Hall–Kier alpha value is -0.940. The highest BCUT2D eigenvalue weighted by Crippen LogP contribution is 2.32. The van der Waals surface area contributed by atoms with Crippen LogP contribution in [-0.4, -0.2) is 35.9 Å². The Morgan fingerprint density at radius 2 is 2.10 bits per heavy atom. The van der Waals surface area contributed by atoms with Crippen LogP contribution in [0.3, 0.4) is 0 Å². The molecule has 1 saturated heterocycles. The quantitative estimate of drug-likeness (QED) is 0.858. The number of aromatic nitrogens is 2. The lowest BCUT2D eigenvalue weighted by Gasteiger charge is -2.22. The molecule has 2 fully saturated rings. The van der Waals surface area contributed by atoms with Crippen LogP contribution in [0.25, 0.3) is 0 Å². The minimum atomic E-state index is 0.330. The zero-order valence-electron chi connectivity index (χ0n) is 12.3. The molecule has 2 aliphatic rings. The van der Waals surface area contributed by atoms with E-state index in [0.29, 0.717) is 17.9 Å². The van der Waals surface area contributed by atoms with Gasteiger partial charge in [0.1, 0.15) is 0 Å². The second kappa shape index (κ2) is 6.68. The maximum absolute atomic E-state index is 5.59. The summed E-state index contributed by atoms with van der Waals surface area (Å²) in [5.74, 6) is 2.38. The molecule has 3 rings (SSSR count). The molecule has 1 aromatic heterocycles. The van der Waals surface area contributed by atoms with Gasteiger partial charge in [-0.1, -0.05) is 31.3 Å². The monoisotopic (exact) mass is 279 g/mol. The molecule has 2 heterocycles. The molecule has 0 bridgehead atoms. The summed E-state index contributed by atoms with van der Waals surface area (Å²) >= 11 is 0. The molecule has 3 atom stereocenters. The average molecular weight is 279 g/mol. The Kier molecular flexibility index (Phi) is 4.68. The van der Waals surface area contributed by atoms with Crippen molar-refractivity contribution in [3.05, 3.63) is 11.7 Å². The van der Waals surface area contributed by atoms with Gasteiger partial charge in [0.25, 0.3) is 0 Å². The Morgan fingerprint density at radius 1 is 1.20 bits per heavy atom.